The molecule has 1 unspecified atom stereocenters. The average Bonchev–Trinajstić information content (AvgIpc) is 3.20. The third kappa shape index (κ3) is 3.29. The van der Waals surface area contributed by atoms with Crippen molar-refractivity contribution < 1.29 is 4.74 Å². The normalized spacial score (nSPS) is 22.6. The molecule has 0 amide bonds. The quantitative estimate of drug-likeness (QED) is 0.881. The molecular formula is C18H24N6O. The topological polar surface area (TPSA) is 93.0 Å². The van der Waals surface area contributed by atoms with Gasteiger partial charge in [-0.15, -0.1) is 0 Å². The molecule has 0 saturated carbocycles. The molecule has 7 nitrogen and oxygen atoms in total. The summed E-state index contributed by atoms with van der Waals surface area (Å²) in [5, 5.41) is 7.61. The number of hydrogen-bond donors (Lipinski definition) is 2. The van der Waals surface area contributed by atoms with Crippen LogP contribution in [0.5, 0.6) is 0 Å². The monoisotopic (exact) mass is 340 g/mol. The highest BCUT2D eigenvalue weighted by Crippen LogP contribution is 2.30. The number of H-pyrrole nitrogens is 1. The first-order valence-electron chi connectivity index (χ1n) is 8.84. The van der Waals surface area contributed by atoms with Gasteiger partial charge in [-0.25, -0.2) is 9.97 Å². The molecule has 3 N–H and O–H groups in total. The smallest absolute Gasteiger partial charge is 0.132 e. The lowest BCUT2D eigenvalue weighted by atomic mass is 9.98. The first-order chi connectivity index (χ1) is 12.1. The zero-order valence-electron chi connectivity index (χ0n) is 14.6. The van der Waals surface area contributed by atoms with Gasteiger partial charge in [0.1, 0.15) is 17.8 Å². The van der Waals surface area contributed by atoms with Crippen molar-refractivity contribution in [2.45, 2.75) is 44.9 Å². The van der Waals surface area contributed by atoms with Crippen LogP contribution in [-0.2, 0) is 11.2 Å². The van der Waals surface area contributed by atoms with Crippen LogP contribution < -0.4 is 10.6 Å². The Kier molecular flexibility index (Phi) is 4.27. The Morgan fingerprint density at radius 2 is 2.24 bits per heavy atom. The SMILES string of the molecule is CC(C)OC1C=Cc2[nH]nc(-c3cc(N4CC[C@H](N)C4)ncn3)c2C1. The highest BCUT2D eigenvalue weighted by molar-refractivity contribution is 5.69. The van der Waals surface area contributed by atoms with E-state index in [-0.39, 0.29) is 18.2 Å². The van der Waals surface area contributed by atoms with Gasteiger partial charge >= 0.3 is 0 Å². The molecule has 3 heterocycles. The minimum absolute atomic E-state index is 0.0711. The predicted octanol–water partition coefficient (Wildman–Crippen LogP) is 1.77. The van der Waals surface area contributed by atoms with Gasteiger partial charge < -0.3 is 15.4 Å². The van der Waals surface area contributed by atoms with Crippen molar-refractivity contribution in [3.05, 3.63) is 29.7 Å². The predicted molar refractivity (Wildman–Crippen MR) is 97.2 cm³/mol. The Morgan fingerprint density at radius 1 is 1.36 bits per heavy atom. The Bertz CT molecular complexity index is 784. The van der Waals surface area contributed by atoms with Gasteiger partial charge in [0.2, 0.25) is 0 Å². The molecule has 0 spiro atoms. The molecule has 1 saturated heterocycles. The number of nitrogens with one attached hydrogen (secondary N) is 1. The maximum atomic E-state index is 6.02. The van der Waals surface area contributed by atoms with E-state index < -0.39 is 0 Å². The van der Waals surface area contributed by atoms with Gasteiger partial charge in [-0.2, -0.15) is 5.10 Å². The molecule has 132 valence electrons. The maximum Gasteiger partial charge on any atom is 0.132 e. The number of anilines is 1. The molecule has 2 aromatic rings. The van der Waals surface area contributed by atoms with Gasteiger partial charge in [-0.3, -0.25) is 5.10 Å². The number of hydrogen-bond acceptors (Lipinski definition) is 6. The molecule has 0 aromatic carbocycles. The van der Waals surface area contributed by atoms with E-state index in [0.717, 1.165) is 54.4 Å². The third-order valence-corrected chi connectivity index (χ3v) is 4.67. The Labute approximate surface area is 147 Å². The van der Waals surface area contributed by atoms with Crippen LogP contribution in [0.15, 0.2) is 18.5 Å². The van der Waals surface area contributed by atoms with Crippen molar-refractivity contribution in [3.63, 3.8) is 0 Å². The molecule has 2 atom stereocenters. The van der Waals surface area contributed by atoms with Crippen LogP contribution in [0.3, 0.4) is 0 Å². The maximum absolute atomic E-state index is 6.02. The molecule has 25 heavy (non-hydrogen) atoms. The van der Waals surface area contributed by atoms with Gasteiger partial charge in [0.25, 0.3) is 0 Å². The summed E-state index contributed by atoms with van der Waals surface area (Å²) in [6, 6.07) is 2.22. The van der Waals surface area contributed by atoms with E-state index >= 15 is 0 Å². The van der Waals surface area contributed by atoms with E-state index in [0.29, 0.717) is 0 Å². The summed E-state index contributed by atoms with van der Waals surface area (Å²) >= 11 is 0. The summed E-state index contributed by atoms with van der Waals surface area (Å²) in [6.07, 6.45) is 7.79. The number of nitrogens with two attached hydrogens (primary N) is 1. The van der Waals surface area contributed by atoms with Crippen LogP contribution in [0, 0.1) is 0 Å². The van der Waals surface area contributed by atoms with Crippen LogP contribution in [0.1, 0.15) is 31.5 Å². The number of aromatic nitrogens is 4. The van der Waals surface area contributed by atoms with Crippen LogP contribution in [0.25, 0.3) is 17.5 Å². The molecule has 1 aliphatic heterocycles. The Hall–Kier alpha value is -2.25. The molecule has 1 aliphatic carbocycles. The molecule has 2 aliphatic rings. The van der Waals surface area contributed by atoms with Gasteiger partial charge in [-0.05, 0) is 26.3 Å². The second-order valence-corrected chi connectivity index (χ2v) is 7.01. The fourth-order valence-corrected chi connectivity index (χ4v) is 3.50. The number of ether oxygens (including phenoxy) is 1. The number of nitrogens with zero attached hydrogens (tertiary/aromatic N) is 4. The molecule has 7 heteroatoms. The van der Waals surface area contributed by atoms with E-state index in [9.17, 15) is 0 Å². The fourth-order valence-electron chi connectivity index (χ4n) is 3.50. The molecule has 0 bridgehead atoms. The molecule has 1 fully saturated rings. The summed E-state index contributed by atoms with van der Waals surface area (Å²) in [4.78, 5) is 11.1. The number of rotatable bonds is 4. The van der Waals surface area contributed by atoms with E-state index in [4.69, 9.17) is 10.5 Å². The van der Waals surface area contributed by atoms with Gasteiger partial charge in [0.15, 0.2) is 0 Å². The Morgan fingerprint density at radius 3 is 3.00 bits per heavy atom. The Balaban J connectivity index is 1.62. The summed E-state index contributed by atoms with van der Waals surface area (Å²) in [5.41, 5.74) is 9.91. The van der Waals surface area contributed by atoms with Crippen LogP contribution >= 0.6 is 0 Å². The van der Waals surface area contributed by atoms with Crippen molar-refractivity contribution in [1.29, 1.82) is 0 Å². The first-order valence-corrected chi connectivity index (χ1v) is 8.84. The largest absolute Gasteiger partial charge is 0.371 e. The second kappa shape index (κ2) is 6.57. The summed E-state index contributed by atoms with van der Waals surface area (Å²) in [7, 11) is 0. The highest BCUT2D eigenvalue weighted by Gasteiger charge is 2.24. The third-order valence-electron chi connectivity index (χ3n) is 4.67. The van der Waals surface area contributed by atoms with Crippen LogP contribution in [-0.4, -0.2) is 51.5 Å². The molecule has 0 radical (unpaired) electrons. The number of aromatic amines is 1. The lowest BCUT2D eigenvalue weighted by molar-refractivity contribution is 0.0358. The van der Waals surface area contributed by atoms with E-state index in [1.54, 1.807) is 6.33 Å². The summed E-state index contributed by atoms with van der Waals surface area (Å²) in [5.74, 6) is 0.913. The van der Waals surface area contributed by atoms with Crippen molar-refractivity contribution in [3.8, 4) is 11.4 Å². The molecule has 4 rings (SSSR count). The highest BCUT2D eigenvalue weighted by atomic mass is 16.5. The minimum atomic E-state index is 0.0711. The minimum Gasteiger partial charge on any atom is -0.371 e. The number of fused-ring (bicyclic) bond motifs is 1. The average molecular weight is 340 g/mol. The van der Waals surface area contributed by atoms with Crippen molar-refractivity contribution in [2.24, 2.45) is 5.73 Å². The van der Waals surface area contributed by atoms with Gasteiger partial charge in [0.05, 0.1) is 23.6 Å². The zero-order valence-corrected chi connectivity index (χ0v) is 14.6. The van der Waals surface area contributed by atoms with E-state index in [1.807, 2.05) is 12.1 Å². The first kappa shape index (κ1) is 16.2. The van der Waals surface area contributed by atoms with Crippen molar-refractivity contribution in [1.82, 2.24) is 20.2 Å². The summed E-state index contributed by atoms with van der Waals surface area (Å²) in [6.45, 7) is 5.87. The zero-order chi connectivity index (χ0) is 17.4. The van der Waals surface area contributed by atoms with Crippen molar-refractivity contribution in [2.75, 3.05) is 18.0 Å². The lowest BCUT2D eigenvalue weighted by Gasteiger charge is -2.20. The van der Waals surface area contributed by atoms with Gasteiger partial charge in [0, 0.05) is 37.2 Å². The summed E-state index contributed by atoms with van der Waals surface area (Å²) < 4.78 is 5.94. The van der Waals surface area contributed by atoms with Gasteiger partial charge in [-0.1, -0.05) is 6.08 Å². The van der Waals surface area contributed by atoms with Crippen LogP contribution in [0.4, 0.5) is 5.82 Å². The second-order valence-electron chi connectivity index (χ2n) is 7.01. The van der Waals surface area contributed by atoms with Crippen molar-refractivity contribution >= 4 is 11.9 Å². The fraction of sp³-hybridized carbons (Fsp3) is 0.500. The molecular weight excluding hydrogens is 316 g/mol. The lowest BCUT2D eigenvalue weighted by Crippen LogP contribution is -2.26. The van der Waals surface area contributed by atoms with Crippen LogP contribution in [0.2, 0.25) is 0 Å². The molecule has 2 aromatic heterocycles. The van der Waals surface area contributed by atoms with E-state index in [1.165, 1.54) is 0 Å². The van der Waals surface area contributed by atoms with E-state index in [2.05, 4.69) is 45.0 Å². The standard InChI is InChI=1S/C18H24N6O/c1-11(2)25-13-3-4-15-14(7-13)18(23-22-15)16-8-17(21-10-20-16)24-6-5-12(19)9-24/h3-4,8,10-13H,5-7,9,19H2,1-2H3,(H,22,23)/t12-,13?/m0/s1.